The molecule has 2 atom stereocenters. The normalized spacial score (nSPS) is 16.1. The van der Waals surface area contributed by atoms with Gasteiger partial charge in [-0.25, -0.2) is 4.79 Å². The molecule has 2 aliphatic carbocycles. The molecule has 2 amide bonds. The molecule has 2 aromatic carbocycles. The maximum Gasteiger partial charge on any atom is 0.407 e. The van der Waals surface area contributed by atoms with Gasteiger partial charge in [0.05, 0.1) is 6.42 Å². The van der Waals surface area contributed by atoms with Crippen molar-refractivity contribution in [3.05, 3.63) is 59.7 Å². The number of nitrogens with one attached hydrogen (secondary N) is 2. The Labute approximate surface area is 199 Å². The van der Waals surface area contributed by atoms with Crippen LogP contribution in [0.15, 0.2) is 48.5 Å². The molecule has 1 fully saturated rings. The number of aliphatic carboxylic acids is 1. The minimum absolute atomic E-state index is 0.0184. The van der Waals surface area contributed by atoms with Crippen molar-refractivity contribution in [1.29, 1.82) is 0 Å². The molecule has 0 aromatic heterocycles. The Morgan fingerprint density at radius 2 is 1.62 bits per heavy atom. The molecule has 7 heteroatoms. The van der Waals surface area contributed by atoms with Gasteiger partial charge in [-0.1, -0.05) is 55.5 Å². The first kappa shape index (κ1) is 23.8. The number of carbonyl (C=O) groups excluding carboxylic acids is 2. The van der Waals surface area contributed by atoms with Crippen LogP contribution >= 0.6 is 0 Å². The lowest BCUT2D eigenvalue weighted by Gasteiger charge is -2.20. The van der Waals surface area contributed by atoms with Crippen LogP contribution in [0.25, 0.3) is 11.1 Å². The number of benzene rings is 2. The zero-order valence-electron chi connectivity index (χ0n) is 19.5. The van der Waals surface area contributed by atoms with E-state index in [9.17, 15) is 14.4 Å². The van der Waals surface area contributed by atoms with Crippen LogP contribution in [0, 0.1) is 11.8 Å². The summed E-state index contributed by atoms with van der Waals surface area (Å²) in [6.07, 6.45) is 2.29. The van der Waals surface area contributed by atoms with Gasteiger partial charge >= 0.3 is 12.1 Å². The predicted molar refractivity (Wildman–Crippen MR) is 128 cm³/mol. The Kier molecular flexibility index (Phi) is 7.50. The Hall–Kier alpha value is -3.35. The maximum absolute atomic E-state index is 12.5. The summed E-state index contributed by atoms with van der Waals surface area (Å²) in [7, 11) is 0. The Bertz CT molecular complexity index is 1000. The molecule has 180 valence electrons. The van der Waals surface area contributed by atoms with E-state index in [1.165, 1.54) is 11.1 Å². The number of rotatable bonds is 11. The standard InChI is InChI=1S/C27H32N2O5/c1-2-19(14-25(30)28-15-18(13-26(31)32)17-11-12-17)29-27(33)34-16-24-22-9-5-3-7-20(22)21-8-4-6-10-23(21)24/h3-10,17-19,24H,2,11-16H2,1H3,(H,28,30)(H,29,33)(H,31,32)/t18?,19-/m1/s1. The number of alkyl carbamates (subject to hydrolysis) is 1. The number of amides is 2. The van der Waals surface area contributed by atoms with E-state index in [0.29, 0.717) is 18.9 Å². The Morgan fingerprint density at radius 1 is 1.00 bits per heavy atom. The van der Waals surface area contributed by atoms with E-state index in [4.69, 9.17) is 9.84 Å². The molecule has 0 spiro atoms. The van der Waals surface area contributed by atoms with Crippen molar-refractivity contribution < 1.29 is 24.2 Å². The number of fused-ring (bicyclic) bond motifs is 3. The molecule has 0 saturated heterocycles. The molecule has 1 saturated carbocycles. The molecule has 0 bridgehead atoms. The lowest BCUT2D eigenvalue weighted by atomic mass is 9.98. The Morgan fingerprint density at radius 3 is 2.18 bits per heavy atom. The summed E-state index contributed by atoms with van der Waals surface area (Å²) in [6.45, 7) is 2.48. The van der Waals surface area contributed by atoms with Crippen LogP contribution in [0.1, 0.15) is 56.1 Å². The van der Waals surface area contributed by atoms with Gasteiger partial charge in [0.1, 0.15) is 6.61 Å². The van der Waals surface area contributed by atoms with E-state index in [1.807, 2.05) is 31.2 Å². The van der Waals surface area contributed by atoms with E-state index in [0.717, 1.165) is 24.0 Å². The first-order valence-electron chi connectivity index (χ1n) is 12.1. The predicted octanol–water partition coefficient (Wildman–Crippen LogP) is 4.31. The average molecular weight is 465 g/mol. The van der Waals surface area contributed by atoms with E-state index in [2.05, 4.69) is 34.9 Å². The summed E-state index contributed by atoms with van der Waals surface area (Å²) in [6, 6.07) is 16.0. The Balaban J connectivity index is 1.27. The van der Waals surface area contributed by atoms with E-state index in [1.54, 1.807) is 0 Å². The minimum atomic E-state index is -0.838. The number of carbonyl (C=O) groups is 3. The third-order valence-corrected chi connectivity index (χ3v) is 6.88. The average Bonchev–Trinajstić information content (AvgIpc) is 3.62. The van der Waals surface area contributed by atoms with Gasteiger partial charge in [0.15, 0.2) is 0 Å². The molecule has 2 aliphatic rings. The summed E-state index contributed by atoms with van der Waals surface area (Å²) < 4.78 is 5.59. The molecule has 0 aliphatic heterocycles. The molecule has 7 nitrogen and oxygen atoms in total. The van der Waals surface area contributed by atoms with Crippen LogP contribution in [0.4, 0.5) is 4.79 Å². The lowest BCUT2D eigenvalue weighted by molar-refractivity contribution is -0.138. The van der Waals surface area contributed by atoms with Crippen LogP contribution in [0.3, 0.4) is 0 Å². The topological polar surface area (TPSA) is 105 Å². The summed E-state index contributed by atoms with van der Waals surface area (Å²) in [5, 5.41) is 14.7. The fraction of sp³-hybridized carbons (Fsp3) is 0.444. The second kappa shape index (κ2) is 10.7. The van der Waals surface area contributed by atoms with Gasteiger partial charge in [-0.3, -0.25) is 9.59 Å². The molecule has 4 rings (SSSR count). The summed E-state index contributed by atoms with van der Waals surface area (Å²) in [5.41, 5.74) is 4.63. The highest BCUT2D eigenvalue weighted by molar-refractivity contribution is 5.79. The van der Waals surface area contributed by atoms with Gasteiger partial charge in [0, 0.05) is 24.9 Å². The van der Waals surface area contributed by atoms with E-state index >= 15 is 0 Å². The first-order valence-corrected chi connectivity index (χ1v) is 12.1. The van der Waals surface area contributed by atoms with Gasteiger partial charge in [-0.2, -0.15) is 0 Å². The van der Waals surface area contributed by atoms with Gasteiger partial charge in [0.2, 0.25) is 5.91 Å². The zero-order valence-corrected chi connectivity index (χ0v) is 19.5. The number of carboxylic acid groups (broad SMARTS) is 1. The van der Waals surface area contributed by atoms with Gasteiger partial charge < -0.3 is 20.5 Å². The highest BCUT2D eigenvalue weighted by Gasteiger charge is 2.33. The van der Waals surface area contributed by atoms with Crippen LogP contribution in [-0.2, 0) is 14.3 Å². The van der Waals surface area contributed by atoms with E-state index < -0.39 is 12.1 Å². The number of hydrogen-bond donors (Lipinski definition) is 3. The fourth-order valence-electron chi connectivity index (χ4n) is 4.84. The van der Waals surface area contributed by atoms with Crippen LogP contribution < -0.4 is 10.6 Å². The molecule has 2 aromatic rings. The SMILES string of the molecule is CC[C@H](CC(=O)NCC(CC(=O)O)C1CC1)NC(=O)OCC1c2ccccc2-c2ccccc21. The van der Waals surface area contributed by atoms with Crippen molar-refractivity contribution in [2.24, 2.45) is 11.8 Å². The van der Waals surface area contributed by atoms with Crippen molar-refractivity contribution in [2.75, 3.05) is 13.2 Å². The molecular weight excluding hydrogens is 432 g/mol. The highest BCUT2D eigenvalue weighted by atomic mass is 16.5. The summed E-state index contributed by atoms with van der Waals surface area (Å²) in [5.74, 6) is -0.694. The molecular formula is C27H32N2O5. The number of hydrogen-bond acceptors (Lipinski definition) is 4. The van der Waals surface area contributed by atoms with Crippen LogP contribution in [-0.4, -0.2) is 42.3 Å². The third-order valence-electron chi connectivity index (χ3n) is 6.88. The maximum atomic E-state index is 12.5. The third kappa shape index (κ3) is 5.76. The highest BCUT2D eigenvalue weighted by Crippen LogP contribution is 2.44. The van der Waals surface area contributed by atoms with Crippen molar-refractivity contribution in [3.63, 3.8) is 0 Å². The fourth-order valence-corrected chi connectivity index (χ4v) is 4.84. The first-order chi connectivity index (χ1) is 16.5. The van der Waals surface area contributed by atoms with Gasteiger partial charge in [0.25, 0.3) is 0 Å². The minimum Gasteiger partial charge on any atom is -0.481 e. The van der Waals surface area contributed by atoms with Gasteiger partial charge in [-0.15, -0.1) is 0 Å². The van der Waals surface area contributed by atoms with Crippen LogP contribution in [0.2, 0.25) is 0 Å². The van der Waals surface area contributed by atoms with E-state index in [-0.39, 0.29) is 43.2 Å². The zero-order chi connectivity index (χ0) is 24.1. The van der Waals surface area contributed by atoms with Crippen molar-refractivity contribution in [1.82, 2.24) is 10.6 Å². The summed E-state index contributed by atoms with van der Waals surface area (Å²) in [4.78, 5) is 36.0. The number of carboxylic acids is 1. The molecule has 3 N–H and O–H groups in total. The van der Waals surface area contributed by atoms with Gasteiger partial charge in [-0.05, 0) is 53.4 Å². The second-order valence-corrected chi connectivity index (χ2v) is 9.28. The largest absolute Gasteiger partial charge is 0.481 e. The van der Waals surface area contributed by atoms with Crippen molar-refractivity contribution in [3.8, 4) is 11.1 Å². The quantitative estimate of drug-likeness (QED) is 0.460. The lowest BCUT2D eigenvalue weighted by Crippen LogP contribution is -2.40. The van der Waals surface area contributed by atoms with Crippen molar-refractivity contribution >= 4 is 18.0 Å². The monoisotopic (exact) mass is 464 g/mol. The molecule has 0 radical (unpaired) electrons. The number of ether oxygens (including phenoxy) is 1. The summed E-state index contributed by atoms with van der Waals surface area (Å²) >= 11 is 0. The molecule has 1 unspecified atom stereocenters. The molecule has 0 heterocycles. The van der Waals surface area contributed by atoms with Crippen molar-refractivity contribution in [2.45, 2.75) is 51.0 Å². The smallest absolute Gasteiger partial charge is 0.407 e. The second-order valence-electron chi connectivity index (χ2n) is 9.28. The molecule has 34 heavy (non-hydrogen) atoms. The van der Waals surface area contributed by atoms with Crippen LogP contribution in [0.5, 0.6) is 0 Å².